The second-order valence-corrected chi connectivity index (χ2v) is 8.37. The van der Waals surface area contributed by atoms with E-state index >= 15 is 0 Å². The Bertz CT molecular complexity index is 1150. The molecule has 0 fully saturated rings. The molecule has 0 saturated carbocycles. The molecule has 2 atom stereocenters. The van der Waals surface area contributed by atoms with Crippen molar-refractivity contribution in [1.82, 2.24) is 15.5 Å². The van der Waals surface area contributed by atoms with Gasteiger partial charge in [-0.15, -0.1) is 10.2 Å². The fourth-order valence-electron chi connectivity index (χ4n) is 2.98. The van der Waals surface area contributed by atoms with E-state index in [1.165, 1.54) is 35.6 Å². The first-order valence-electron chi connectivity index (χ1n) is 10.4. The van der Waals surface area contributed by atoms with E-state index < -0.39 is 22.9 Å². The van der Waals surface area contributed by atoms with Crippen molar-refractivity contribution >= 4 is 39.8 Å². The maximum atomic E-state index is 12.9. The van der Waals surface area contributed by atoms with Crippen molar-refractivity contribution in [3.63, 3.8) is 0 Å². The molecule has 3 aromatic rings. The summed E-state index contributed by atoms with van der Waals surface area (Å²) in [6, 6.07) is 11.3. The summed E-state index contributed by atoms with van der Waals surface area (Å²) in [7, 11) is 1.58. The first kappa shape index (κ1) is 24.6. The van der Waals surface area contributed by atoms with E-state index in [1.54, 1.807) is 19.2 Å². The quantitative estimate of drug-likeness (QED) is 0.303. The Kier molecular flexibility index (Phi) is 8.09. The molecule has 0 unspecified atom stereocenters. The number of benzene rings is 2. The number of nitro benzene ring substituents is 1. The molecule has 0 radical (unpaired) electrons. The van der Waals surface area contributed by atoms with Crippen LogP contribution < -0.4 is 20.7 Å². The lowest BCUT2D eigenvalue weighted by atomic mass is 9.98. The molecule has 3 N–H and O–H groups in total. The summed E-state index contributed by atoms with van der Waals surface area (Å²) < 4.78 is 5.15. The SMILES string of the molecule is CC[C@@H](C)[C@H](NC(=O)Nc1ccc([N+](=O)[O-])cc1)C(=O)Nc1nnc(-c2ccc(OC)cc2)s1. The maximum Gasteiger partial charge on any atom is 0.319 e. The highest BCUT2D eigenvalue weighted by atomic mass is 32.1. The molecule has 11 nitrogen and oxygen atoms in total. The van der Waals surface area contributed by atoms with Gasteiger partial charge in [0.05, 0.1) is 12.0 Å². The fourth-order valence-corrected chi connectivity index (χ4v) is 3.74. The fraction of sp³-hybridized carbons (Fsp3) is 0.273. The molecule has 1 aromatic heterocycles. The van der Waals surface area contributed by atoms with Crippen molar-refractivity contribution in [2.24, 2.45) is 5.92 Å². The maximum absolute atomic E-state index is 12.9. The van der Waals surface area contributed by atoms with Crippen LogP contribution in [0.15, 0.2) is 48.5 Å². The Hall–Kier alpha value is -4.06. The summed E-state index contributed by atoms with van der Waals surface area (Å²) in [5.41, 5.74) is 1.10. The third-order valence-electron chi connectivity index (χ3n) is 5.11. The number of carbonyl (C=O) groups is 2. The zero-order valence-corrected chi connectivity index (χ0v) is 19.6. The number of anilines is 2. The minimum atomic E-state index is -0.837. The first-order valence-corrected chi connectivity index (χ1v) is 11.2. The Balaban J connectivity index is 1.65. The van der Waals surface area contributed by atoms with Crippen molar-refractivity contribution in [3.05, 3.63) is 58.6 Å². The summed E-state index contributed by atoms with van der Waals surface area (Å²) in [6.07, 6.45) is 0.642. The summed E-state index contributed by atoms with van der Waals surface area (Å²) >= 11 is 1.21. The number of methoxy groups -OCH3 is 1. The minimum Gasteiger partial charge on any atom is -0.497 e. The van der Waals surface area contributed by atoms with E-state index in [2.05, 4.69) is 26.1 Å². The van der Waals surface area contributed by atoms with Crippen LogP contribution in [0.3, 0.4) is 0 Å². The normalized spacial score (nSPS) is 12.3. The topological polar surface area (TPSA) is 148 Å². The predicted octanol–water partition coefficient (Wildman–Crippen LogP) is 4.30. The van der Waals surface area contributed by atoms with Crippen molar-refractivity contribution < 1.29 is 19.2 Å². The summed E-state index contributed by atoms with van der Waals surface area (Å²) in [4.78, 5) is 35.7. The van der Waals surface area contributed by atoms with Gasteiger partial charge < -0.3 is 15.4 Å². The molecule has 3 rings (SSSR count). The molecule has 0 saturated heterocycles. The van der Waals surface area contributed by atoms with Crippen LogP contribution in [-0.4, -0.2) is 40.2 Å². The molecule has 3 amide bonds. The number of hydrogen-bond donors (Lipinski definition) is 3. The smallest absolute Gasteiger partial charge is 0.319 e. The Morgan fingerprint density at radius 3 is 2.35 bits per heavy atom. The molecule has 34 heavy (non-hydrogen) atoms. The molecular formula is C22H24N6O5S. The number of carbonyl (C=O) groups excluding carboxylic acids is 2. The standard InChI is InChI=1S/C22H24N6O5S/c1-4-13(2)18(24-21(30)23-15-7-9-16(10-8-15)28(31)32)19(29)25-22-27-26-20(34-22)14-5-11-17(33-3)12-6-14/h5-13,18H,4H2,1-3H3,(H2,23,24,30)(H,25,27,29)/t13-,18+/m1/s1. The number of aromatic nitrogens is 2. The number of rotatable bonds is 9. The number of hydrogen-bond acceptors (Lipinski definition) is 8. The largest absolute Gasteiger partial charge is 0.497 e. The Morgan fingerprint density at radius 2 is 1.76 bits per heavy atom. The molecule has 0 bridgehead atoms. The van der Waals surface area contributed by atoms with Crippen LogP contribution in [0.1, 0.15) is 20.3 Å². The van der Waals surface area contributed by atoms with E-state index in [1.807, 2.05) is 26.0 Å². The van der Waals surface area contributed by atoms with Gasteiger partial charge in [-0.2, -0.15) is 0 Å². The summed E-state index contributed by atoms with van der Waals surface area (Å²) in [5.74, 6) is 0.124. The van der Waals surface area contributed by atoms with Crippen LogP contribution in [0, 0.1) is 16.0 Å². The van der Waals surface area contributed by atoms with Crippen LogP contribution >= 0.6 is 11.3 Å². The second kappa shape index (κ2) is 11.2. The van der Waals surface area contributed by atoms with Gasteiger partial charge in [0.15, 0.2) is 0 Å². The lowest BCUT2D eigenvalue weighted by molar-refractivity contribution is -0.384. The van der Waals surface area contributed by atoms with E-state index in [-0.39, 0.29) is 11.6 Å². The molecule has 0 spiro atoms. The van der Waals surface area contributed by atoms with Gasteiger partial charge in [-0.1, -0.05) is 31.6 Å². The first-order chi connectivity index (χ1) is 16.3. The Morgan fingerprint density at radius 1 is 1.09 bits per heavy atom. The molecule has 0 aliphatic carbocycles. The third kappa shape index (κ3) is 6.25. The van der Waals surface area contributed by atoms with Crippen molar-refractivity contribution in [3.8, 4) is 16.3 Å². The van der Waals surface area contributed by atoms with E-state index in [4.69, 9.17) is 4.74 Å². The minimum absolute atomic E-state index is 0.0890. The van der Waals surface area contributed by atoms with Crippen LogP contribution in [-0.2, 0) is 4.79 Å². The van der Waals surface area contributed by atoms with Gasteiger partial charge in [0, 0.05) is 23.4 Å². The number of nitrogens with zero attached hydrogens (tertiary/aromatic N) is 3. The van der Waals surface area contributed by atoms with Crippen molar-refractivity contribution in [2.45, 2.75) is 26.3 Å². The van der Waals surface area contributed by atoms with Gasteiger partial charge in [-0.3, -0.25) is 20.2 Å². The summed E-state index contributed by atoms with van der Waals surface area (Å²) in [5, 5.41) is 27.8. The van der Waals surface area contributed by atoms with Crippen LogP contribution in [0.25, 0.3) is 10.6 Å². The number of urea groups is 1. The third-order valence-corrected chi connectivity index (χ3v) is 6.00. The van der Waals surface area contributed by atoms with Crippen LogP contribution in [0.4, 0.5) is 21.3 Å². The Labute approximate surface area is 199 Å². The molecule has 0 aliphatic rings. The zero-order valence-electron chi connectivity index (χ0n) is 18.8. The average Bonchev–Trinajstić information content (AvgIpc) is 3.30. The van der Waals surface area contributed by atoms with Crippen LogP contribution in [0.5, 0.6) is 5.75 Å². The molecule has 2 aromatic carbocycles. The number of amides is 3. The molecule has 0 aliphatic heterocycles. The van der Waals surface area contributed by atoms with E-state index in [9.17, 15) is 19.7 Å². The van der Waals surface area contributed by atoms with Gasteiger partial charge in [0.1, 0.15) is 16.8 Å². The molecular weight excluding hydrogens is 460 g/mol. The molecule has 178 valence electrons. The molecule has 1 heterocycles. The number of nitro groups is 1. The zero-order chi connectivity index (χ0) is 24.7. The average molecular weight is 485 g/mol. The monoisotopic (exact) mass is 484 g/mol. The van der Waals surface area contributed by atoms with Crippen molar-refractivity contribution in [2.75, 3.05) is 17.7 Å². The van der Waals surface area contributed by atoms with Gasteiger partial charge in [0.2, 0.25) is 11.0 Å². The van der Waals surface area contributed by atoms with Crippen molar-refractivity contribution in [1.29, 1.82) is 0 Å². The number of non-ortho nitro benzene ring substituents is 1. The highest BCUT2D eigenvalue weighted by Gasteiger charge is 2.27. The number of nitrogens with one attached hydrogen (secondary N) is 3. The van der Waals surface area contributed by atoms with E-state index in [0.29, 0.717) is 22.2 Å². The van der Waals surface area contributed by atoms with Gasteiger partial charge in [0.25, 0.3) is 5.69 Å². The predicted molar refractivity (Wildman–Crippen MR) is 129 cm³/mol. The van der Waals surface area contributed by atoms with Gasteiger partial charge in [-0.05, 0) is 42.3 Å². The number of ether oxygens (including phenoxy) is 1. The summed E-state index contributed by atoms with van der Waals surface area (Å²) in [6.45, 7) is 3.76. The van der Waals surface area contributed by atoms with Gasteiger partial charge >= 0.3 is 6.03 Å². The second-order valence-electron chi connectivity index (χ2n) is 7.40. The van der Waals surface area contributed by atoms with Gasteiger partial charge in [-0.25, -0.2) is 4.79 Å². The highest BCUT2D eigenvalue weighted by molar-refractivity contribution is 7.18. The van der Waals surface area contributed by atoms with E-state index in [0.717, 1.165) is 11.3 Å². The molecule has 12 heteroatoms. The van der Waals surface area contributed by atoms with Crippen LogP contribution in [0.2, 0.25) is 0 Å². The highest BCUT2D eigenvalue weighted by Crippen LogP contribution is 2.28. The lowest BCUT2D eigenvalue weighted by Crippen LogP contribution is -2.49. The lowest BCUT2D eigenvalue weighted by Gasteiger charge is -2.23.